The van der Waals surface area contributed by atoms with Gasteiger partial charge in [-0.05, 0) is 38.0 Å². The van der Waals surface area contributed by atoms with Crippen LogP contribution >= 0.6 is 0 Å². The Morgan fingerprint density at radius 2 is 2.17 bits per heavy atom. The first-order valence-electron chi connectivity index (χ1n) is 5.82. The summed E-state index contributed by atoms with van der Waals surface area (Å²) in [7, 11) is 0. The van der Waals surface area contributed by atoms with Crippen LogP contribution in [0.25, 0.3) is 6.08 Å². The van der Waals surface area contributed by atoms with Gasteiger partial charge in [-0.15, -0.1) is 0 Å². The third-order valence-corrected chi connectivity index (χ3v) is 2.28. The molecular formula is C13H17NO4. The van der Waals surface area contributed by atoms with Gasteiger partial charge in [0.1, 0.15) is 11.5 Å². The van der Waals surface area contributed by atoms with Crippen LogP contribution in [-0.4, -0.2) is 23.5 Å². The minimum atomic E-state index is -0.811. The highest BCUT2D eigenvalue weighted by Gasteiger charge is 1.99. The molecule has 0 fully saturated rings. The second-order valence-corrected chi connectivity index (χ2v) is 3.92. The number of rotatable bonds is 7. The molecule has 5 nitrogen and oxygen atoms in total. The fraction of sp³-hybridized carbons (Fsp3) is 0.385. The zero-order valence-corrected chi connectivity index (χ0v) is 10.3. The summed E-state index contributed by atoms with van der Waals surface area (Å²) in [5.41, 5.74) is 0. The van der Waals surface area contributed by atoms with Gasteiger partial charge < -0.3 is 14.8 Å². The zero-order chi connectivity index (χ0) is 13.4. The molecule has 0 aliphatic rings. The summed E-state index contributed by atoms with van der Waals surface area (Å²) < 4.78 is 5.27. The number of unbranched alkanes of at least 4 members (excludes halogenated alkanes) is 1. The molecule has 0 spiro atoms. The third-order valence-electron chi connectivity index (χ3n) is 2.28. The van der Waals surface area contributed by atoms with Crippen LogP contribution in [0.15, 0.2) is 22.6 Å². The van der Waals surface area contributed by atoms with Gasteiger partial charge in [0, 0.05) is 19.0 Å². The summed E-state index contributed by atoms with van der Waals surface area (Å²) in [5.74, 6) is 0.408. The minimum Gasteiger partial charge on any atom is -0.481 e. The summed E-state index contributed by atoms with van der Waals surface area (Å²) in [6.07, 6.45) is 4.36. The third kappa shape index (κ3) is 5.89. The highest BCUT2D eigenvalue weighted by atomic mass is 16.4. The van der Waals surface area contributed by atoms with Crippen molar-refractivity contribution in [2.24, 2.45) is 0 Å². The van der Waals surface area contributed by atoms with Gasteiger partial charge in [0.05, 0.1) is 0 Å². The predicted octanol–water partition coefficient (Wildman–Crippen LogP) is 1.97. The van der Waals surface area contributed by atoms with Crippen molar-refractivity contribution in [1.29, 1.82) is 0 Å². The van der Waals surface area contributed by atoms with Gasteiger partial charge in [0.2, 0.25) is 5.91 Å². The molecule has 18 heavy (non-hydrogen) atoms. The first-order chi connectivity index (χ1) is 8.58. The van der Waals surface area contributed by atoms with E-state index in [2.05, 4.69) is 5.32 Å². The number of hydrogen-bond donors (Lipinski definition) is 2. The molecular weight excluding hydrogens is 234 g/mol. The number of nitrogens with one attached hydrogen (secondary N) is 1. The minimum absolute atomic E-state index is 0.136. The molecule has 0 aromatic carbocycles. The lowest BCUT2D eigenvalue weighted by atomic mass is 10.2. The summed E-state index contributed by atoms with van der Waals surface area (Å²) in [6, 6.07) is 3.61. The molecule has 5 heteroatoms. The Kier molecular flexibility index (Phi) is 5.70. The summed E-state index contributed by atoms with van der Waals surface area (Å²) in [5, 5.41) is 11.1. The topological polar surface area (TPSA) is 79.5 Å². The van der Waals surface area contributed by atoms with E-state index in [0.29, 0.717) is 25.1 Å². The molecule has 1 aromatic rings. The van der Waals surface area contributed by atoms with Gasteiger partial charge >= 0.3 is 5.97 Å². The molecule has 0 saturated carbocycles. The van der Waals surface area contributed by atoms with E-state index < -0.39 is 5.97 Å². The second kappa shape index (κ2) is 7.32. The van der Waals surface area contributed by atoms with Crippen LogP contribution in [0.4, 0.5) is 0 Å². The summed E-state index contributed by atoms with van der Waals surface area (Å²) >= 11 is 0. The number of carbonyl (C=O) groups is 2. The van der Waals surface area contributed by atoms with Crippen molar-refractivity contribution in [2.45, 2.75) is 26.2 Å². The standard InChI is InChI=1S/C13H17NO4/c1-10-5-6-11(18-10)7-8-12(15)14-9-3-2-4-13(16)17/h5-8H,2-4,9H2,1H3,(H,14,15)(H,16,17). The Labute approximate surface area is 105 Å². The summed E-state index contributed by atoms with van der Waals surface area (Å²) in [6.45, 7) is 2.31. The molecule has 1 amide bonds. The highest BCUT2D eigenvalue weighted by molar-refractivity contribution is 5.91. The lowest BCUT2D eigenvalue weighted by molar-refractivity contribution is -0.137. The Bertz CT molecular complexity index is 434. The van der Waals surface area contributed by atoms with Crippen molar-refractivity contribution in [3.63, 3.8) is 0 Å². The Morgan fingerprint density at radius 1 is 1.39 bits per heavy atom. The zero-order valence-electron chi connectivity index (χ0n) is 10.3. The number of hydrogen-bond acceptors (Lipinski definition) is 3. The lowest BCUT2D eigenvalue weighted by Crippen LogP contribution is -2.22. The second-order valence-electron chi connectivity index (χ2n) is 3.92. The van der Waals surface area contributed by atoms with Crippen LogP contribution in [0.2, 0.25) is 0 Å². The number of carboxylic acid groups (broad SMARTS) is 1. The Balaban J connectivity index is 2.17. The van der Waals surface area contributed by atoms with E-state index in [4.69, 9.17) is 9.52 Å². The predicted molar refractivity (Wildman–Crippen MR) is 67.0 cm³/mol. The number of aliphatic carboxylic acids is 1. The Hall–Kier alpha value is -2.04. The average Bonchev–Trinajstić information content (AvgIpc) is 2.71. The molecule has 0 atom stereocenters. The van der Waals surface area contributed by atoms with E-state index in [0.717, 1.165) is 5.76 Å². The quantitative estimate of drug-likeness (QED) is 0.573. The first-order valence-corrected chi connectivity index (χ1v) is 5.82. The number of furan rings is 1. The monoisotopic (exact) mass is 251 g/mol. The van der Waals surface area contributed by atoms with Crippen LogP contribution < -0.4 is 5.32 Å². The van der Waals surface area contributed by atoms with Crippen LogP contribution in [-0.2, 0) is 9.59 Å². The van der Waals surface area contributed by atoms with Crippen molar-refractivity contribution in [3.8, 4) is 0 Å². The molecule has 0 aliphatic carbocycles. The molecule has 2 N–H and O–H groups in total. The first kappa shape index (κ1) is 14.0. The van der Waals surface area contributed by atoms with Gasteiger partial charge in [0.25, 0.3) is 0 Å². The maximum absolute atomic E-state index is 11.4. The highest BCUT2D eigenvalue weighted by Crippen LogP contribution is 2.07. The van der Waals surface area contributed by atoms with Gasteiger partial charge in [-0.3, -0.25) is 9.59 Å². The lowest BCUT2D eigenvalue weighted by Gasteiger charge is -2.00. The van der Waals surface area contributed by atoms with Crippen molar-refractivity contribution >= 4 is 18.0 Å². The van der Waals surface area contributed by atoms with Gasteiger partial charge in [-0.25, -0.2) is 0 Å². The van der Waals surface area contributed by atoms with Crippen LogP contribution in [0.5, 0.6) is 0 Å². The molecule has 1 heterocycles. The van der Waals surface area contributed by atoms with Crippen molar-refractivity contribution in [3.05, 3.63) is 29.7 Å². The van der Waals surface area contributed by atoms with E-state index in [1.807, 2.05) is 13.0 Å². The van der Waals surface area contributed by atoms with E-state index in [9.17, 15) is 9.59 Å². The van der Waals surface area contributed by atoms with Crippen molar-refractivity contribution in [1.82, 2.24) is 5.32 Å². The van der Waals surface area contributed by atoms with E-state index in [1.165, 1.54) is 6.08 Å². The van der Waals surface area contributed by atoms with E-state index in [1.54, 1.807) is 12.1 Å². The van der Waals surface area contributed by atoms with Crippen molar-refractivity contribution in [2.75, 3.05) is 6.54 Å². The number of carbonyl (C=O) groups excluding carboxylic acids is 1. The SMILES string of the molecule is Cc1ccc(C=CC(=O)NCCCCC(=O)O)o1. The van der Waals surface area contributed by atoms with Gasteiger partial charge in [0.15, 0.2) is 0 Å². The fourth-order valence-corrected chi connectivity index (χ4v) is 1.37. The number of carboxylic acids is 1. The van der Waals surface area contributed by atoms with E-state index in [-0.39, 0.29) is 12.3 Å². The molecule has 0 unspecified atom stereocenters. The van der Waals surface area contributed by atoms with Gasteiger partial charge in [-0.1, -0.05) is 0 Å². The molecule has 1 rings (SSSR count). The number of amides is 1. The molecule has 0 aliphatic heterocycles. The molecule has 1 aromatic heterocycles. The largest absolute Gasteiger partial charge is 0.481 e. The fourth-order valence-electron chi connectivity index (χ4n) is 1.37. The summed E-state index contributed by atoms with van der Waals surface area (Å²) in [4.78, 5) is 21.6. The van der Waals surface area contributed by atoms with Crippen LogP contribution in [0.1, 0.15) is 30.8 Å². The maximum atomic E-state index is 11.4. The van der Waals surface area contributed by atoms with E-state index >= 15 is 0 Å². The molecule has 0 bridgehead atoms. The number of aryl methyl sites for hydroxylation is 1. The molecule has 0 saturated heterocycles. The smallest absolute Gasteiger partial charge is 0.303 e. The van der Waals surface area contributed by atoms with Crippen molar-refractivity contribution < 1.29 is 19.1 Å². The Morgan fingerprint density at radius 3 is 2.78 bits per heavy atom. The maximum Gasteiger partial charge on any atom is 0.303 e. The van der Waals surface area contributed by atoms with Crippen LogP contribution in [0, 0.1) is 6.92 Å². The normalized spacial score (nSPS) is 10.7. The van der Waals surface area contributed by atoms with Crippen LogP contribution in [0.3, 0.4) is 0 Å². The molecule has 98 valence electrons. The average molecular weight is 251 g/mol. The van der Waals surface area contributed by atoms with Gasteiger partial charge in [-0.2, -0.15) is 0 Å². The molecule has 0 radical (unpaired) electrons.